The zero-order valence-electron chi connectivity index (χ0n) is 15.3. The Balaban J connectivity index is 1.63. The molecule has 25 heavy (non-hydrogen) atoms. The van der Waals surface area contributed by atoms with Crippen LogP contribution in [0.2, 0.25) is 0 Å². The summed E-state index contributed by atoms with van der Waals surface area (Å²) in [5.41, 5.74) is 2.31. The number of hydrogen-bond acceptors (Lipinski definition) is 3. The van der Waals surface area contributed by atoms with E-state index in [4.69, 9.17) is 4.74 Å². The van der Waals surface area contributed by atoms with Crippen LogP contribution in [-0.2, 0) is 22.5 Å². The highest BCUT2D eigenvalue weighted by Crippen LogP contribution is 2.21. The minimum atomic E-state index is 0.110. The Morgan fingerprint density at radius 1 is 1.24 bits per heavy atom. The summed E-state index contributed by atoms with van der Waals surface area (Å²) in [5.74, 6) is 0.110. The number of amides is 1. The summed E-state index contributed by atoms with van der Waals surface area (Å²) in [6, 6.07) is 8.51. The number of aromatic nitrogens is 1. The minimum Gasteiger partial charge on any atom is -0.379 e. The highest BCUT2D eigenvalue weighted by atomic mass is 16.5. The Bertz CT molecular complexity index is 704. The Morgan fingerprint density at radius 3 is 2.72 bits per heavy atom. The summed E-state index contributed by atoms with van der Waals surface area (Å²) in [7, 11) is 0. The first-order valence-electron chi connectivity index (χ1n) is 9.37. The Labute approximate surface area is 149 Å². The molecule has 1 aromatic carbocycles. The predicted octanol–water partition coefficient (Wildman–Crippen LogP) is 2.43. The van der Waals surface area contributed by atoms with E-state index < -0.39 is 0 Å². The van der Waals surface area contributed by atoms with Gasteiger partial charge in [0, 0.05) is 49.3 Å². The molecule has 2 heterocycles. The first-order chi connectivity index (χ1) is 12.2. The van der Waals surface area contributed by atoms with Crippen molar-refractivity contribution < 1.29 is 9.53 Å². The van der Waals surface area contributed by atoms with Crippen molar-refractivity contribution in [1.29, 1.82) is 0 Å². The van der Waals surface area contributed by atoms with Gasteiger partial charge in [-0.2, -0.15) is 0 Å². The predicted molar refractivity (Wildman–Crippen MR) is 101 cm³/mol. The molecule has 136 valence electrons. The summed E-state index contributed by atoms with van der Waals surface area (Å²) in [5, 5.41) is 4.40. The third-order valence-electron chi connectivity index (χ3n) is 5.00. The van der Waals surface area contributed by atoms with Crippen LogP contribution in [-0.4, -0.2) is 54.3 Å². The molecular weight excluding hydrogens is 314 g/mol. The summed E-state index contributed by atoms with van der Waals surface area (Å²) < 4.78 is 7.61. The molecular formula is C20H29N3O2. The molecule has 1 fully saturated rings. The van der Waals surface area contributed by atoms with Gasteiger partial charge in [0.05, 0.1) is 19.6 Å². The number of ether oxygens (including phenoxy) is 1. The van der Waals surface area contributed by atoms with Crippen molar-refractivity contribution in [2.24, 2.45) is 0 Å². The molecule has 0 saturated carbocycles. The van der Waals surface area contributed by atoms with Gasteiger partial charge in [-0.1, -0.05) is 25.1 Å². The Kier molecular flexibility index (Phi) is 6.10. The van der Waals surface area contributed by atoms with Crippen molar-refractivity contribution >= 4 is 16.8 Å². The molecule has 0 bridgehead atoms. The lowest BCUT2D eigenvalue weighted by Crippen LogP contribution is -2.47. The summed E-state index contributed by atoms with van der Waals surface area (Å²) in [6.45, 7) is 9.58. The molecule has 1 amide bonds. The van der Waals surface area contributed by atoms with Gasteiger partial charge in [0.1, 0.15) is 0 Å². The number of carbonyl (C=O) groups is 1. The van der Waals surface area contributed by atoms with Crippen LogP contribution in [0.4, 0.5) is 0 Å². The number of carbonyl (C=O) groups excluding carboxylic acids is 1. The zero-order valence-corrected chi connectivity index (χ0v) is 15.3. The lowest BCUT2D eigenvalue weighted by molar-refractivity contribution is -0.121. The molecule has 1 saturated heterocycles. The van der Waals surface area contributed by atoms with E-state index in [1.165, 1.54) is 10.9 Å². The number of benzene rings is 1. The second-order valence-electron chi connectivity index (χ2n) is 6.72. The SMILES string of the molecule is CCC(CN1CCOCC1)NC(=O)Cc1cn(CC)c2ccccc12. The second kappa shape index (κ2) is 8.50. The van der Waals surface area contributed by atoms with Crippen molar-refractivity contribution in [2.45, 2.75) is 39.3 Å². The highest BCUT2D eigenvalue weighted by Gasteiger charge is 2.18. The van der Waals surface area contributed by atoms with Crippen LogP contribution in [0.25, 0.3) is 10.9 Å². The summed E-state index contributed by atoms with van der Waals surface area (Å²) in [4.78, 5) is 15.0. The Morgan fingerprint density at radius 2 is 2.00 bits per heavy atom. The second-order valence-corrected chi connectivity index (χ2v) is 6.72. The van der Waals surface area contributed by atoms with Gasteiger partial charge in [0.15, 0.2) is 0 Å². The fourth-order valence-electron chi connectivity index (χ4n) is 3.55. The van der Waals surface area contributed by atoms with Gasteiger partial charge in [-0.25, -0.2) is 0 Å². The van der Waals surface area contributed by atoms with Crippen LogP contribution in [0.1, 0.15) is 25.8 Å². The van der Waals surface area contributed by atoms with E-state index >= 15 is 0 Å². The molecule has 1 aliphatic rings. The van der Waals surface area contributed by atoms with Gasteiger partial charge in [-0.05, 0) is 25.0 Å². The lowest BCUT2D eigenvalue weighted by Gasteiger charge is -2.30. The van der Waals surface area contributed by atoms with Crippen LogP contribution in [0.5, 0.6) is 0 Å². The van der Waals surface area contributed by atoms with Gasteiger partial charge in [0.25, 0.3) is 0 Å². The number of hydrogen-bond donors (Lipinski definition) is 1. The average Bonchev–Trinajstić information content (AvgIpc) is 3.00. The largest absolute Gasteiger partial charge is 0.379 e. The molecule has 3 rings (SSSR count). The van der Waals surface area contributed by atoms with E-state index in [-0.39, 0.29) is 11.9 Å². The molecule has 1 unspecified atom stereocenters. The van der Waals surface area contributed by atoms with Crippen molar-refractivity contribution in [2.75, 3.05) is 32.8 Å². The maximum Gasteiger partial charge on any atom is 0.224 e. The topological polar surface area (TPSA) is 46.5 Å². The fraction of sp³-hybridized carbons (Fsp3) is 0.550. The number of aryl methyl sites for hydroxylation is 1. The molecule has 1 aromatic heterocycles. The van der Waals surface area contributed by atoms with Crippen LogP contribution in [0, 0.1) is 0 Å². The molecule has 5 heteroatoms. The van der Waals surface area contributed by atoms with Gasteiger partial charge in [-0.15, -0.1) is 0 Å². The minimum absolute atomic E-state index is 0.110. The summed E-state index contributed by atoms with van der Waals surface area (Å²) >= 11 is 0. The highest BCUT2D eigenvalue weighted by molar-refractivity contribution is 5.89. The standard InChI is InChI=1S/C20H29N3O2/c1-3-17(15-22-9-11-25-12-10-22)21-20(24)13-16-14-23(4-2)19-8-6-5-7-18(16)19/h5-8,14,17H,3-4,9-13,15H2,1-2H3,(H,21,24). The first-order valence-corrected chi connectivity index (χ1v) is 9.37. The maximum atomic E-state index is 12.6. The normalized spacial score (nSPS) is 16.9. The first kappa shape index (κ1) is 18.0. The van der Waals surface area contributed by atoms with Gasteiger partial charge in [0.2, 0.25) is 5.91 Å². The lowest BCUT2D eigenvalue weighted by atomic mass is 10.1. The van der Waals surface area contributed by atoms with Crippen LogP contribution in [0.3, 0.4) is 0 Å². The van der Waals surface area contributed by atoms with Crippen LogP contribution in [0.15, 0.2) is 30.5 Å². The van der Waals surface area contributed by atoms with Crippen molar-refractivity contribution in [3.63, 3.8) is 0 Å². The quantitative estimate of drug-likeness (QED) is 0.840. The monoisotopic (exact) mass is 343 g/mol. The van der Waals surface area contributed by atoms with E-state index in [0.29, 0.717) is 6.42 Å². The molecule has 1 atom stereocenters. The van der Waals surface area contributed by atoms with Crippen molar-refractivity contribution in [1.82, 2.24) is 14.8 Å². The maximum absolute atomic E-state index is 12.6. The molecule has 1 N–H and O–H groups in total. The Hall–Kier alpha value is -1.85. The molecule has 0 aliphatic carbocycles. The summed E-state index contributed by atoms with van der Waals surface area (Å²) in [6.07, 6.45) is 3.50. The fourth-order valence-corrected chi connectivity index (χ4v) is 3.55. The molecule has 1 aliphatic heterocycles. The van der Waals surface area contributed by atoms with Crippen molar-refractivity contribution in [3.05, 3.63) is 36.0 Å². The zero-order chi connectivity index (χ0) is 17.6. The van der Waals surface area contributed by atoms with Gasteiger partial charge >= 0.3 is 0 Å². The van der Waals surface area contributed by atoms with Crippen LogP contribution < -0.4 is 5.32 Å². The molecule has 5 nitrogen and oxygen atoms in total. The van der Waals surface area contributed by atoms with E-state index in [1.54, 1.807) is 0 Å². The number of nitrogens with one attached hydrogen (secondary N) is 1. The number of fused-ring (bicyclic) bond motifs is 1. The molecule has 2 aromatic rings. The van der Waals surface area contributed by atoms with E-state index in [1.807, 2.05) is 12.1 Å². The smallest absolute Gasteiger partial charge is 0.224 e. The van der Waals surface area contributed by atoms with Crippen LogP contribution >= 0.6 is 0 Å². The number of para-hydroxylation sites is 1. The molecule has 0 radical (unpaired) electrons. The number of rotatable bonds is 7. The third-order valence-corrected chi connectivity index (χ3v) is 5.00. The molecule has 0 spiro atoms. The van der Waals surface area contributed by atoms with E-state index in [2.05, 4.69) is 47.0 Å². The van der Waals surface area contributed by atoms with Gasteiger partial charge in [-0.3, -0.25) is 9.69 Å². The van der Waals surface area contributed by atoms with E-state index in [9.17, 15) is 4.79 Å². The number of morpholine rings is 1. The van der Waals surface area contributed by atoms with Crippen molar-refractivity contribution in [3.8, 4) is 0 Å². The number of nitrogens with zero attached hydrogens (tertiary/aromatic N) is 2. The van der Waals surface area contributed by atoms with E-state index in [0.717, 1.165) is 51.4 Å². The average molecular weight is 343 g/mol. The van der Waals surface area contributed by atoms with Gasteiger partial charge < -0.3 is 14.6 Å². The third kappa shape index (κ3) is 4.41.